The number of aryl methyl sites for hydroxylation is 1. The highest BCUT2D eigenvalue weighted by molar-refractivity contribution is 5.63. The van der Waals surface area contributed by atoms with Gasteiger partial charge in [0.1, 0.15) is 0 Å². The Bertz CT molecular complexity index is 956. The molecule has 0 aliphatic heterocycles. The number of nitro groups is 4. The second-order valence-electron chi connectivity index (χ2n) is 5.25. The summed E-state index contributed by atoms with van der Waals surface area (Å²) in [7, 11) is 0. The fourth-order valence-corrected chi connectivity index (χ4v) is 2.47. The van der Waals surface area contributed by atoms with Gasteiger partial charge >= 0.3 is 11.4 Å². The first kappa shape index (κ1) is 18.4. The highest BCUT2D eigenvalue weighted by atomic mass is 16.6. The Balaban J connectivity index is 2.67. The minimum absolute atomic E-state index is 0.0349. The zero-order valence-corrected chi connectivity index (χ0v) is 13.1. The average molecular weight is 362 g/mol. The molecule has 2 rings (SSSR count). The molecular weight excluding hydrogens is 352 g/mol. The van der Waals surface area contributed by atoms with Gasteiger partial charge < -0.3 is 0 Å². The fourth-order valence-electron chi connectivity index (χ4n) is 2.47. The lowest BCUT2D eigenvalue weighted by atomic mass is 9.96. The van der Waals surface area contributed by atoms with Gasteiger partial charge in [-0.15, -0.1) is 0 Å². The molecule has 0 radical (unpaired) electrons. The number of nitrogens with zero attached hydrogens (tertiary/aromatic N) is 4. The number of nitro benzene ring substituents is 4. The molecule has 0 saturated heterocycles. The zero-order chi connectivity index (χ0) is 19.6. The van der Waals surface area contributed by atoms with E-state index in [2.05, 4.69) is 0 Å². The molecule has 26 heavy (non-hydrogen) atoms. The second kappa shape index (κ2) is 6.88. The van der Waals surface area contributed by atoms with Crippen molar-refractivity contribution < 1.29 is 19.7 Å². The van der Waals surface area contributed by atoms with Crippen LogP contribution in [0.2, 0.25) is 0 Å². The van der Waals surface area contributed by atoms with E-state index in [0.717, 1.165) is 24.3 Å². The Morgan fingerprint density at radius 2 is 1.38 bits per heavy atom. The van der Waals surface area contributed by atoms with Gasteiger partial charge in [0.2, 0.25) is 0 Å². The number of benzene rings is 2. The normalized spacial score (nSPS) is 10.3. The molecule has 0 aromatic heterocycles. The number of non-ortho nitro benzene ring substituents is 1. The van der Waals surface area contributed by atoms with Crippen molar-refractivity contribution in [3.8, 4) is 0 Å². The van der Waals surface area contributed by atoms with Gasteiger partial charge in [-0.05, 0) is 18.6 Å². The van der Waals surface area contributed by atoms with Crippen LogP contribution in [0.1, 0.15) is 16.7 Å². The van der Waals surface area contributed by atoms with Gasteiger partial charge in [-0.2, -0.15) is 0 Å². The van der Waals surface area contributed by atoms with E-state index < -0.39 is 42.4 Å². The van der Waals surface area contributed by atoms with E-state index in [1.54, 1.807) is 0 Å². The van der Waals surface area contributed by atoms with Crippen LogP contribution in [-0.2, 0) is 6.42 Å². The molecule has 2 aromatic carbocycles. The predicted molar refractivity (Wildman–Crippen MR) is 87.0 cm³/mol. The SMILES string of the molecule is Cc1ccc([N+](=O)[O-])c([N+](=O)[O-])c1Cc1ccc([N+](=O)[O-])cc1[N+](=O)[O-]. The second-order valence-corrected chi connectivity index (χ2v) is 5.25. The number of rotatable bonds is 6. The maximum absolute atomic E-state index is 11.3. The summed E-state index contributed by atoms with van der Waals surface area (Å²) in [6.45, 7) is 1.48. The number of hydrogen-bond donors (Lipinski definition) is 0. The third-order valence-corrected chi connectivity index (χ3v) is 3.72. The van der Waals surface area contributed by atoms with Gasteiger partial charge in [-0.3, -0.25) is 40.5 Å². The van der Waals surface area contributed by atoms with Crippen LogP contribution in [0.4, 0.5) is 22.7 Å². The van der Waals surface area contributed by atoms with Crippen molar-refractivity contribution in [2.45, 2.75) is 13.3 Å². The van der Waals surface area contributed by atoms with Crippen molar-refractivity contribution >= 4 is 22.7 Å². The maximum Gasteiger partial charge on any atom is 0.349 e. The van der Waals surface area contributed by atoms with E-state index in [1.165, 1.54) is 13.0 Å². The van der Waals surface area contributed by atoms with Crippen molar-refractivity contribution in [2.24, 2.45) is 0 Å². The largest absolute Gasteiger partial charge is 0.349 e. The van der Waals surface area contributed by atoms with E-state index in [0.29, 0.717) is 5.56 Å². The minimum atomic E-state index is -0.919. The summed E-state index contributed by atoms with van der Waals surface area (Å²) >= 11 is 0. The third-order valence-electron chi connectivity index (χ3n) is 3.72. The Labute approximate surface area is 144 Å². The van der Waals surface area contributed by atoms with Gasteiger partial charge in [0.25, 0.3) is 11.4 Å². The lowest BCUT2D eigenvalue weighted by Crippen LogP contribution is -2.05. The fraction of sp³-hybridized carbons (Fsp3) is 0.143. The molecule has 0 fully saturated rings. The monoisotopic (exact) mass is 362 g/mol. The molecule has 0 unspecified atom stereocenters. The Hall–Kier alpha value is -3.96. The zero-order valence-electron chi connectivity index (χ0n) is 13.1. The quantitative estimate of drug-likeness (QED) is 0.556. The van der Waals surface area contributed by atoms with Crippen LogP contribution < -0.4 is 0 Å². The van der Waals surface area contributed by atoms with Crippen molar-refractivity contribution in [2.75, 3.05) is 0 Å². The predicted octanol–water partition coefficient (Wildman–Crippen LogP) is 3.22. The summed E-state index contributed by atoms with van der Waals surface area (Å²) in [5.41, 5.74) is -2.38. The van der Waals surface area contributed by atoms with Crippen molar-refractivity contribution in [1.82, 2.24) is 0 Å². The molecule has 0 aliphatic carbocycles. The van der Waals surface area contributed by atoms with Gasteiger partial charge in [0, 0.05) is 29.7 Å². The van der Waals surface area contributed by atoms with Crippen LogP contribution in [0.5, 0.6) is 0 Å². The lowest BCUT2D eigenvalue weighted by Gasteiger charge is -2.08. The molecule has 12 nitrogen and oxygen atoms in total. The Morgan fingerprint density at radius 1 is 0.769 bits per heavy atom. The molecule has 0 atom stereocenters. The lowest BCUT2D eigenvalue weighted by molar-refractivity contribution is -0.423. The molecule has 0 amide bonds. The summed E-state index contributed by atoms with van der Waals surface area (Å²) in [6.07, 6.45) is -0.363. The molecule has 0 spiro atoms. The van der Waals surface area contributed by atoms with Gasteiger partial charge in [0.05, 0.1) is 25.8 Å². The summed E-state index contributed by atoms with van der Waals surface area (Å²) in [5, 5.41) is 44.4. The molecule has 0 saturated carbocycles. The molecule has 2 aromatic rings. The summed E-state index contributed by atoms with van der Waals surface area (Å²) in [5.74, 6) is 0. The van der Waals surface area contributed by atoms with Crippen molar-refractivity contribution in [3.63, 3.8) is 0 Å². The molecule has 12 heteroatoms. The van der Waals surface area contributed by atoms with Gasteiger partial charge in [-0.1, -0.05) is 6.07 Å². The minimum Gasteiger partial charge on any atom is -0.258 e. The molecule has 0 N–H and O–H groups in total. The van der Waals surface area contributed by atoms with Crippen molar-refractivity contribution in [3.05, 3.63) is 87.5 Å². The van der Waals surface area contributed by atoms with Crippen molar-refractivity contribution in [1.29, 1.82) is 0 Å². The van der Waals surface area contributed by atoms with Gasteiger partial charge in [-0.25, -0.2) is 0 Å². The standard InChI is InChI=1S/C14H10N4O8/c1-8-2-5-12(16(21)22)14(18(25)26)11(8)6-9-3-4-10(15(19)20)7-13(9)17(23)24/h2-5,7H,6H2,1H3. The molecular formula is C14H10N4O8. The van der Waals surface area contributed by atoms with E-state index >= 15 is 0 Å². The topological polar surface area (TPSA) is 173 Å². The number of hydrogen-bond acceptors (Lipinski definition) is 8. The summed E-state index contributed by atoms with van der Waals surface area (Å²) in [6, 6.07) is 5.17. The summed E-state index contributed by atoms with van der Waals surface area (Å²) < 4.78 is 0. The highest BCUT2D eigenvalue weighted by Gasteiger charge is 2.31. The molecule has 0 heterocycles. The van der Waals surface area contributed by atoms with E-state index in [4.69, 9.17) is 0 Å². The van der Waals surface area contributed by atoms with Crippen LogP contribution in [0.15, 0.2) is 30.3 Å². The first-order valence-electron chi connectivity index (χ1n) is 6.96. The van der Waals surface area contributed by atoms with Crippen LogP contribution >= 0.6 is 0 Å². The first-order valence-corrected chi connectivity index (χ1v) is 6.96. The van der Waals surface area contributed by atoms with E-state index in [-0.39, 0.29) is 17.5 Å². The van der Waals surface area contributed by atoms with E-state index in [9.17, 15) is 40.5 Å². The molecule has 0 aliphatic rings. The average Bonchev–Trinajstić information content (AvgIpc) is 2.55. The van der Waals surface area contributed by atoms with Crippen LogP contribution in [0.25, 0.3) is 0 Å². The molecule has 134 valence electrons. The third kappa shape index (κ3) is 3.43. The van der Waals surface area contributed by atoms with Crippen LogP contribution in [0, 0.1) is 47.4 Å². The van der Waals surface area contributed by atoms with Crippen LogP contribution in [-0.4, -0.2) is 19.7 Å². The van der Waals surface area contributed by atoms with Crippen LogP contribution in [0.3, 0.4) is 0 Å². The highest BCUT2D eigenvalue weighted by Crippen LogP contribution is 2.36. The maximum atomic E-state index is 11.3. The Morgan fingerprint density at radius 3 is 1.88 bits per heavy atom. The van der Waals surface area contributed by atoms with E-state index in [1.807, 2.05) is 0 Å². The Kier molecular flexibility index (Phi) is 4.86. The smallest absolute Gasteiger partial charge is 0.258 e. The first-order chi connectivity index (χ1) is 12.1. The summed E-state index contributed by atoms with van der Waals surface area (Å²) in [4.78, 5) is 40.9. The molecule has 0 bridgehead atoms. The van der Waals surface area contributed by atoms with Gasteiger partial charge in [0.15, 0.2) is 0 Å².